The molecule has 0 radical (unpaired) electrons. The fourth-order valence-corrected chi connectivity index (χ4v) is 4.36. The standard InChI is InChI=1S/C11H26N2O6S4/c14-22(15,16)20-10-8-12-6-4-2-1-3-5-7-13-9-11-21-23(17,18)19/h12-13H,1-11H2,(H,14,15,16)(H,17,18,19). The molecule has 0 amide bonds. The topological polar surface area (TPSA) is 133 Å². The van der Waals surface area contributed by atoms with Crippen molar-refractivity contribution in [2.45, 2.75) is 32.1 Å². The van der Waals surface area contributed by atoms with Gasteiger partial charge in [0.15, 0.2) is 0 Å². The summed E-state index contributed by atoms with van der Waals surface area (Å²) in [6.07, 6.45) is 5.35. The summed E-state index contributed by atoms with van der Waals surface area (Å²) in [7, 11) is -6.79. The molecule has 0 saturated carbocycles. The van der Waals surface area contributed by atoms with Crippen LogP contribution in [0.1, 0.15) is 32.1 Å². The minimum atomic E-state index is -3.92. The average Bonchev–Trinajstić information content (AvgIpc) is 2.40. The van der Waals surface area contributed by atoms with Crippen molar-refractivity contribution in [3.8, 4) is 0 Å². The van der Waals surface area contributed by atoms with Crippen LogP contribution in [0.5, 0.6) is 0 Å². The second kappa shape index (κ2) is 13.7. The maximum atomic E-state index is 10.4. The van der Waals surface area contributed by atoms with E-state index in [4.69, 9.17) is 9.11 Å². The van der Waals surface area contributed by atoms with E-state index < -0.39 is 18.3 Å². The molecule has 0 aliphatic heterocycles. The van der Waals surface area contributed by atoms with Crippen LogP contribution >= 0.6 is 21.6 Å². The Bertz CT molecular complexity index is 439. The number of unbranched alkanes of at least 4 members (excludes halogenated alkanes) is 4. The molecule has 0 aromatic carbocycles. The van der Waals surface area contributed by atoms with Crippen LogP contribution in [0.25, 0.3) is 0 Å². The molecule has 0 unspecified atom stereocenters. The zero-order chi connectivity index (χ0) is 17.6. The highest BCUT2D eigenvalue weighted by Crippen LogP contribution is 2.08. The van der Waals surface area contributed by atoms with E-state index in [0.717, 1.165) is 45.2 Å². The lowest BCUT2D eigenvalue weighted by Crippen LogP contribution is -2.19. The van der Waals surface area contributed by atoms with Crippen LogP contribution in [-0.4, -0.2) is 63.6 Å². The Balaban J connectivity index is 3.14. The van der Waals surface area contributed by atoms with E-state index in [1.807, 2.05) is 0 Å². The fraction of sp³-hybridized carbons (Fsp3) is 1.00. The molecule has 0 bridgehead atoms. The van der Waals surface area contributed by atoms with Crippen molar-refractivity contribution in [2.75, 3.05) is 37.7 Å². The van der Waals surface area contributed by atoms with Gasteiger partial charge in [0.2, 0.25) is 0 Å². The highest BCUT2D eigenvalue weighted by Gasteiger charge is 2.04. The van der Waals surface area contributed by atoms with Gasteiger partial charge < -0.3 is 10.6 Å². The summed E-state index contributed by atoms with van der Waals surface area (Å²) in [5.41, 5.74) is 0. The first-order valence-corrected chi connectivity index (χ1v) is 13.2. The minimum absolute atomic E-state index is 0.334. The molecule has 0 heterocycles. The van der Waals surface area contributed by atoms with Gasteiger partial charge in [-0.15, -0.1) is 0 Å². The predicted octanol–water partition coefficient (Wildman–Crippen LogP) is 1.19. The van der Waals surface area contributed by atoms with Crippen molar-refractivity contribution in [1.82, 2.24) is 10.6 Å². The first-order chi connectivity index (χ1) is 10.7. The molecule has 0 atom stereocenters. The van der Waals surface area contributed by atoms with Gasteiger partial charge in [0.1, 0.15) is 0 Å². The summed E-state index contributed by atoms with van der Waals surface area (Å²) in [6.45, 7) is 2.76. The number of nitrogens with one attached hydrogen (secondary N) is 2. The fourth-order valence-electron chi connectivity index (χ4n) is 1.72. The summed E-state index contributed by atoms with van der Waals surface area (Å²) in [4.78, 5) is 0. The van der Waals surface area contributed by atoms with Gasteiger partial charge in [-0.05, 0) is 47.5 Å². The molecule has 0 aromatic heterocycles. The normalized spacial score (nSPS) is 12.6. The van der Waals surface area contributed by atoms with Gasteiger partial charge in [-0.2, -0.15) is 16.8 Å². The first kappa shape index (κ1) is 23.4. The van der Waals surface area contributed by atoms with E-state index in [1.54, 1.807) is 0 Å². The maximum absolute atomic E-state index is 10.4. The minimum Gasteiger partial charge on any atom is -0.316 e. The molecule has 0 rings (SSSR count). The molecule has 140 valence electrons. The van der Waals surface area contributed by atoms with E-state index in [2.05, 4.69) is 10.6 Å². The maximum Gasteiger partial charge on any atom is 0.319 e. The van der Waals surface area contributed by atoms with Gasteiger partial charge >= 0.3 is 18.3 Å². The Kier molecular flexibility index (Phi) is 14.0. The van der Waals surface area contributed by atoms with Gasteiger partial charge in [0.05, 0.1) is 0 Å². The second-order valence-electron chi connectivity index (χ2n) is 4.77. The second-order valence-corrected chi connectivity index (χ2v) is 11.7. The Morgan fingerprint density at radius 2 is 0.957 bits per heavy atom. The lowest BCUT2D eigenvalue weighted by molar-refractivity contribution is 0.500. The monoisotopic (exact) mass is 410 g/mol. The van der Waals surface area contributed by atoms with Gasteiger partial charge in [0, 0.05) is 24.6 Å². The average molecular weight is 411 g/mol. The molecule has 0 spiro atoms. The van der Waals surface area contributed by atoms with Crippen LogP contribution in [0.3, 0.4) is 0 Å². The van der Waals surface area contributed by atoms with Gasteiger partial charge in [0.25, 0.3) is 0 Å². The molecule has 0 fully saturated rings. The smallest absolute Gasteiger partial charge is 0.316 e. The Morgan fingerprint density at radius 1 is 0.609 bits per heavy atom. The predicted molar refractivity (Wildman–Crippen MR) is 96.8 cm³/mol. The number of hydrogen-bond donors (Lipinski definition) is 4. The summed E-state index contributed by atoms with van der Waals surface area (Å²) in [5.74, 6) is 0.667. The van der Waals surface area contributed by atoms with E-state index in [0.29, 0.717) is 46.2 Å². The van der Waals surface area contributed by atoms with Crippen LogP contribution in [0.4, 0.5) is 0 Å². The largest absolute Gasteiger partial charge is 0.319 e. The summed E-state index contributed by atoms with van der Waals surface area (Å²) in [6, 6.07) is 0. The lowest BCUT2D eigenvalue weighted by atomic mass is 10.1. The van der Waals surface area contributed by atoms with Crippen molar-refractivity contribution < 1.29 is 25.9 Å². The van der Waals surface area contributed by atoms with E-state index in [-0.39, 0.29) is 0 Å². The van der Waals surface area contributed by atoms with Crippen LogP contribution in [0.2, 0.25) is 0 Å². The van der Waals surface area contributed by atoms with Crippen LogP contribution in [-0.2, 0) is 18.3 Å². The van der Waals surface area contributed by atoms with E-state index >= 15 is 0 Å². The summed E-state index contributed by atoms with van der Waals surface area (Å²) in [5, 5.41) is 6.23. The lowest BCUT2D eigenvalue weighted by Gasteiger charge is -2.05. The molecule has 0 aliphatic carbocycles. The Morgan fingerprint density at radius 3 is 1.30 bits per heavy atom. The highest BCUT2D eigenvalue weighted by molar-refractivity contribution is 8.70. The van der Waals surface area contributed by atoms with Crippen molar-refractivity contribution in [3.05, 3.63) is 0 Å². The molecule has 0 aliphatic rings. The van der Waals surface area contributed by atoms with Crippen LogP contribution in [0, 0.1) is 0 Å². The first-order valence-electron chi connectivity index (χ1n) is 7.36. The third-order valence-electron chi connectivity index (χ3n) is 2.73. The quantitative estimate of drug-likeness (QED) is 0.167. The highest BCUT2D eigenvalue weighted by atomic mass is 33.2. The molecular weight excluding hydrogens is 384 g/mol. The molecular formula is C11H26N2O6S4. The molecule has 4 N–H and O–H groups in total. The third-order valence-corrected chi connectivity index (χ3v) is 6.85. The zero-order valence-electron chi connectivity index (χ0n) is 12.9. The van der Waals surface area contributed by atoms with E-state index in [9.17, 15) is 16.8 Å². The van der Waals surface area contributed by atoms with Crippen molar-refractivity contribution in [3.63, 3.8) is 0 Å². The molecule has 12 heteroatoms. The molecule has 23 heavy (non-hydrogen) atoms. The Labute approximate surface area is 146 Å². The van der Waals surface area contributed by atoms with Gasteiger partial charge in [-0.1, -0.05) is 19.3 Å². The van der Waals surface area contributed by atoms with Crippen molar-refractivity contribution in [1.29, 1.82) is 0 Å². The zero-order valence-corrected chi connectivity index (χ0v) is 16.2. The molecule has 8 nitrogen and oxygen atoms in total. The van der Waals surface area contributed by atoms with Gasteiger partial charge in [-0.3, -0.25) is 9.11 Å². The number of hydrogen-bond acceptors (Lipinski definition) is 8. The third kappa shape index (κ3) is 22.4. The van der Waals surface area contributed by atoms with Crippen LogP contribution in [0.15, 0.2) is 0 Å². The number of rotatable bonds is 16. The summed E-state index contributed by atoms with van der Waals surface area (Å²) >= 11 is 0. The molecule has 0 saturated heterocycles. The van der Waals surface area contributed by atoms with Crippen molar-refractivity contribution >= 4 is 39.9 Å². The molecule has 0 aromatic rings. The van der Waals surface area contributed by atoms with Gasteiger partial charge in [-0.25, -0.2) is 0 Å². The summed E-state index contributed by atoms with van der Waals surface area (Å²) < 4.78 is 58.8. The van der Waals surface area contributed by atoms with E-state index in [1.165, 1.54) is 0 Å². The SMILES string of the molecule is O=S(=O)(O)SCCNCCCCCCCNCCSS(=O)(=O)O. The van der Waals surface area contributed by atoms with Crippen molar-refractivity contribution in [2.24, 2.45) is 0 Å². The van der Waals surface area contributed by atoms with Crippen LogP contribution < -0.4 is 10.6 Å². The Hall–Kier alpha value is 0.440.